The molecule has 1 aromatic carbocycles. The quantitative estimate of drug-likeness (QED) is 0.346. The number of ether oxygens (including phenoxy) is 1. The number of pyridine rings is 2. The molecule has 6 rings (SSSR count). The highest BCUT2D eigenvalue weighted by Crippen LogP contribution is 2.31. The number of nitrogens with two attached hydrogens (primary N) is 1. The molecule has 0 amide bonds. The Labute approximate surface area is 216 Å². The van der Waals surface area contributed by atoms with Gasteiger partial charge in [0.2, 0.25) is 0 Å². The van der Waals surface area contributed by atoms with Gasteiger partial charge < -0.3 is 10.5 Å². The van der Waals surface area contributed by atoms with Crippen LogP contribution in [0, 0.1) is 0 Å². The maximum atomic E-state index is 6.31. The zero-order chi connectivity index (χ0) is 25.4. The number of hydrogen-bond donors (Lipinski definition) is 1. The summed E-state index contributed by atoms with van der Waals surface area (Å²) in [6.45, 7) is 7.51. The van der Waals surface area contributed by atoms with Crippen LogP contribution < -0.4 is 10.5 Å². The molecule has 5 heterocycles. The predicted molar refractivity (Wildman–Crippen MR) is 146 cm³/mol. The van der Waals surface area contributed by atoms with Crippen molar-refractivity contribution in [2.45, 2.75) is 38.7 Å². The number of nitrogen functional groups attached to an aromatic ring is 1. The Morgan fingerprint density at radius 3 is 2.59 bits per heavy atom. The Bertz CT molecular complexity index is 1550. The van der Waals surface area contributed by atoms with Crippen LogP contribution >= 0.6 is 0 Å². The minimum Gasteiger partial charge on any atom is -0.485 e. The summed E-state index contributed by atoms with van der Waals surface area (Å²) in [4.78, 5) is 16.3. The number of fused-ring (bicyclic) bond motifs is 2. The Kier molecular flexibility index (Phi) is 5.96. The lowest BCUT2D eigenvalue weighted by atomic mass is 10.0. The highest BCUT2D eigenvalue weighted by atomic mass is 16.5. The first-order valence-electron chi connectivity index (χ1n) is 12.8. The molecule has 0 bridgehead atoms. The molecule has 0 spiro atoms. The first-order valence-corrected chi connectivity index (χ1v) is 12.8. The highest BCUT2D eigenvalue weighted by molar-refractivity contribution is 5.98. The first kappa shape index (κ1) is 23.4. The topological polar surface area (TPSA) is 94.5 Å². The fourth-order valence-corrected chi connectivity index (χ4v) is 5.22. The van der Waals surface area contributed by atoms with E-state index < -0.39 is 0 Å². The zero-order valence-electron chi connectivity index (χ0n) is 21.3. The molecule has 1 aliphatic heterocycles. The zero-order valence-corrected chi connectivity index (χ0v) is 21.3. The van der Waals surface area contributed by atoms with E-state index in [-0.39, 0.29) is 5.60 Å². The second kappa shape index (κ2) is 9.44. The molecule has 5 aromatic rings. The maximum absolute atomic E-state index is 6.31. The lowest BCUT2D eigenvalue weighted by molar-refractivity contribution is 0.0517. The molecular formula is C29H31N7O. The van der Waals surface area contributed by atoms with Gasteiger partial charge in [-0.3, -0.25) is 9.88 Å². The van der Waals surface area contributed by atoms with Gasteiger partial charge in [0.25, 0.3) is 0 Å². The molecule has 1 saturated heterocycles. The van der Waals surface area contributed by atoms with Crippen molar-refractivity contribution >= 4 is 22.4 Å². The fourth-order valence-electron chi connectivity index (χ4n) is 5.22. The van der Waals surface area contributed by atoms with Gasteiger partial charge in [-0.2, -0.15) is 5.10 Å². The van der Waals surface area contributed by atoms with Gasteiger partial charge >= 0.3 is 0 Å². The number of piperidine rings is 1. The van der Waals surface area contributed by atoms with Gasteiger partial charge in [-0.15, -0.1) is 0 Å². The van der Waals surface area contributed by atoms with E-state index in [1.54, 1.807) is 10.7 Å². The molecule has 0 unspecified atom stereocenters. The van der Waals surface area contributed by atoms with E-state index in [0.29, 0.717) is 5.82 Å². The van der Waals surface area contributed by atoms with E-state index in [4.69, 9.17) is 15.5 Å². The van der Waals surface area contributed by atoms with E-state index >= 15 is 0 Å². The van der Waals surface area contributed by atoms with Gasteiger partial charge in [0.1, 0.15) is 17.2 Å². The second-order valence-corrected chi connectivity index (χ2v) is 10.4. The van der Waals surface area contributed by atoms with Crippen LogP contribution in [-0.2, 0) is 0 Å². The van der Waals surface area contributed by atoms with Crippen LogP contribution in [0.3, 0.4) is 0 Å². The summed E-state index contributed by atoms with van der Waals surface area (Å²) in [5, 5.41) is 5.59. The third kappa shape index (κ3) is 4.84. The minimum atomic E-state index is -0.282. The Morgan fingerprint density at radius 2 is 1.78 bits per heavy atom. The van der Waals surface area contributed by atoms with E-state index in [0.717, 1.165) is 64.3 Å². The average molecular weight is 494 g/mol. The Hall–Kier alpha value is -4.04. The van der Waals surface area contributed by atoms with Crippen molar-refractivity contribution in [1.29, 1.82) is 0 Å². The number of benzene rings is 1. The molecule has 2 N–H and O–H groups in total. The van der Waals surface area contributed by atoms with E-state index in [2.05, 4.69) is 39.9 Å². The molecule has 8 nitrogen and oxygen atoms in total. The SMILES string of the molecule is CC(C)(CN1CCCCC1)Oc1ccc(-c2cnc3c(-c4cccc5nc(N)ccc45)cnn3c2)nc1. The van der Waals surface area contributed by atoms with Crippen molar-refractivity contribution < 1.29 is 4.74 Å². The largest absolute Gasteiger partial charge is 0.485 e. The van der Waals surface area contributed by atoms with Crippen molar-refractivity contribution in [2.75, 3.05) is 25.4 Å². The maximum Gasteiger partial charge on any atom is 0.162 e. The standard InChI is InChI=1S/C29H31N7O/c1-29(2,19-35-13-4-3-5-14-35)37-21-9-11-25(31-16-21)20-15-32-28-24(17-33-36(28)18-20)22-7-6-8-26-23(22)10-12-27(30)34-26/h6-12,15-18H,3-5,13-14,19H2,1-2H3,(H2,30,34). The van der Waals surface area contributed by atoms with Crippen molar-refractivity contribution in [3.05, 3.63) is 67.3 Å². The second-order valence-electron chi connectivity index (χ2n) is 10.4. The number of anilines is 1. The minimum absolute atomic E-state index is 0.282. The molecule has 0 radical (unpaired) electrons. The fraction of sp³-hybridized carbons (Fsp3) is 0.310. The molecule has 188 valence electrons. The van der Waals surface area contributed by atoms with Crippen LogP contribution in [0.2, 0.25) is 0 Å². The van der Waals surface area contributed by atoms with Crippen molar-refractivity contribution in [3.8, 4) is 28.1 Å². The smallest absolute Gasteiger partial charge is 0.162 e. The molecule has 8 heteroatoms. The number of aromatic nitrogens is 5. The molecule has 4 aromatic heterocycles. The lowest BCUT2D eigenvalue weighted by Crippen LogP contribution is -2.44. The van der Waals surface area contributed by atoms with E-state index in [1.807, 2.05) is 55.0 Å². The summed E-state index contributed by atoms with van der Waals surface area (Å²) in [7, 11) is 0. The summed E-state index contributed by atoms with van der Waals surface area (Å²) in [5.41, 5.74) is 10.9. The van der Waals surface area contributed by atoms with Gasteiger partial charge in [0.05, 0.1) is 23.6 Å². The Morgan fingerprint density at radius 1 is 0.919 bits per heavy atom. The number of hydrogen-bond acceptors (Lipinski definition) is 7. The highest BCUT2D eigenvalue weighted by Gasteiger charge is 2.25. The lowest BCUT2D eigenvalue weighted by Gasteiger charge is -2.35. The van der Waals surface area contributed by atoms with Crippen LogP contribution in [0.15, 0.2) is 67.3 Å². The van der Waals surface area contributed by atoms with Gasteiger partial charge in [-0.25, -0.2) is 14.5 Å². The monoisotopic (exact) mass is 493 g/mol. The number of rotatable bonds is 6. The molecule has 0 saturated carbocycles. The molecular weight excluding hydrogens is 462 g/mol. The third-order valence-electron chi connectivity index (χ3n) is 6.88. The van der Waals surface area contributed by atoms with Crippen molar-refractivity contribution in [1.82, 2.24) is 29.5 Å². The van der Waals surface area contributed by atoms with Crippen LogP contribution in [0.1, 0.15) is 33.1 Å². The summed E-state index contributed by atoms with van der Waals surface area (Å²) in [6, 6.07) is 13.8. The number of nitrogens with zero attached hydrogens (tertiary/aromatic N) is 6. The van der Waals surface area contributed by atoms with Crippen LogP contribution in [0.25, 0.3) is 38.9 Å². The molecule has 1 aliphatic rings. The average Bonchev–Trinajstić information content (AvgIpc) is 3.32. The van der Waals surface area contributed by atoms with Gasteiger partial charge in [-0.1, -0.05) is 18.6 Å². The summed E-state index contributed by atoms with van der Waals surface area (Å²) >= 11 is 0. The van der Waals surface area contributed by atoms with E-state index in [9.17, 15) is 0 Å². The van der Waals surface area contributed by atoms with Crippen molar-refractivity contribution in [2.24, 2.45) is 0 Å². The van der Waals surface area contributed by atoms with Gasteiger partial charge in [0, 0.05) is 35.5 Å². The van der Waals surface area contributed by atoms with Crippen molar-refractivity contribution in [3.63, 3.8) is 0 Å². The summed E-state index contributed by atoms with van der Waals surface area (Å²) in [5.74, 6) is 1.27. The van der Waals surface area contributed by atoms with Crippen LogP contribution in [-0.4, -0.2) is 54.7 Å². The normalized spacial score (nSPS) is 14.9. The predicted octanol–water partition coefficient (Wildman–Crippen LogP) is 5.23. The Balaban J connectivity index is 1.23. The van der Waals surface area contributed by atoms with E-state index in [1.165, 1.54) is 19.3 Å². The molecule has 1 fully saturated rings. The first-order chi connectivity index (χ1) is 17.9. The van der Waals surface area contributed by atoms with Crippen LogP contribution in [0.4, 0.5) is 5.82 Å². The molecule has 0 aliphatic carbocycles. The summed E-state index contributed by atoms with van der Waals surface area (Å²) in [6.07, 6.45) is 11.3. The van der Waals surface area contributed by atoms with Gasteiger partial charge in [-0.05, 0) is 75.7 Å². The third-order valence-corrected chi connectivity index (χ3v) is 6.88. The van der Waals surface area contributed by atoms with Crippen LogP contribution in [0.5, 0.6) is 5.75 Å². The molecule has 37 heavy (non-hydrogen) atoms. The van der Waals surface area contributed by atoms with Gasteiger partial charge in [0.15, 0.2) is 5.65 Å². The molecule has 0 atom stereocenters. The summed E-state index contributed by atoms with van der Waals surface area (Å²) < 4.78 is 8.10. The number of likely N-dealkylation sites (tertiary alicyclic amines) is 1.